The van der Waals surface area contributed by atoms with Gasteiger partial charge in [-0.3, -0.25) is 14.9 Å². The molecule has 0 fully saturated rings. The normalized spacial score (nSPS) is 10.2. The van der Waals surface area contributed by atoms with E-state index in [1.807, 2.05) is 6.92 Å². The van der Waals surface area contributed by atoms with Gasteiger partial charge in [0, 0.05) is 31.3 Å². The number of benzene rings is 1. The monoisotopic (exact) mass is 297 g/mol. The molecule has 21 heavy (non-hydrogen) atoms. The molecule has 1 rings (SSSR count). The molecule has 0 heterocycles. The minimum atomic E-state index is -0.558. The second-order valence-electron chi connectivity index (χ2n) is 4.26. The average Bonchev–Trinajstić information content (AvgIpc) is 2.47. The van der Waals surface area contributed by atoms with Gasteiger partial charge in [0.1, 0.15) is 5.69 Å². The lowest BCUT2D eigenvalue weighted by molar-refractivity contribution is -0.384. The standard InChI is InChI=1S/C13H19N3O5/c1-2-14-11-4-3-10(9-12(11)16(20)21)13(19)15(5-7-17)6-8-18/h3-4,9,14,17-18H,2,5-8H2,1H3. The number of hydrogen-bond acceptors (Lipinski definition) is 6. The Labute approximate surface area is 122 Å². The Hall–Kier alpha value is -2.19. The number of carbonyl (C=O) groups is 1. The number of carbonyl (C=O) groups excluding carboxylic acids is 1. The molecule has 0 saturated heterocycles. The van der Waals surface area contributed by atoms with Crippen LogP contribution in [0.15, 0.2) is 18.2 Å². The van der Waals surface area contributed by atoms with Gasteiger partial charge in [0.15, 0.2) is 0 Å². The summed E-state index contributed by atoms with van der Waals surface area (Å²) < 4.78 is 0. The summed E-state index contributed by atoms with van der Waals surface area (Å²) in [6.45, 7) is 1.96. The van der Waals surface area contributed by atoms with Crippen LogP contribution in [0.25, 0.3) is 0 Å². The number of anilines is 1. The molecule has 1 aromatic carbocycles. The van der Waals surface area contributed by atoms with E-state index in [-0.39, 0.29) is 37.6 Å². The molecule has 0 radical (unpaired) electrons. The fourth-order valence-corrected chi connectivity index (χ4v) is 1.89. The predicted octanol–water partition coefficient (Wildman–Crippen LogP) is 0.453. The van der Waals surface area contributed by atoms with Crippen molar-refractivity contribution in [2.75, 3.05) is 38.2 Å². The zero-order valence-corrected chi connectivity index (χ0v) is 11.8. The smallest absolute Gasteiger partial charge is 0.293 e. The maximum absolute atomic E-state index is 12.2. The molecule has 0 aliphatic carbocycles. The first-order chi connectivity index (χ1) is 10.0. The fourth-order valence-electron chi connectivity index (χ4n) is 1.89. The molecule has 3 N–H and O–H groups in total. The number of rotatable bonds is 8. The Kier molecular flexibility index (Phi) is 6.57. The molecule has 0 spiro atoms. The van der Waals surface area contributed by atoms with Crippen LogP contribution in [-0.4, -0.2) is 58.8 Å². The Morgan fingerprint density at radius 1 is 1.33 bits per heavy atom. The molecule has 0 aliphatic heterocycles. The first-order valence-corrected chi connectivity index (χ1v) is 6.58. The summed E-state index contributed by atoms with van der Waals surface area (Å²) in [5.41, 5.74) is 0.302. The zero-order chi connectivity index (χ0) is 15.8. The van der Waals surface area contributed by atoms with E-state index < -0.39 is 10.8 Å². The molecule has 0 aromatic heterocycles. The van der Waals surface area contributed by atoms with Crippen LogP contribution in [0, 0.1) is 10.1 Å². The summed E-state index contributed by atoms with van der Waals surface area (Å²) in [7, 11) is 0. The van der Waals surface area contributed by atoms with E-state index in [4.69, 9.17) is 10.2 Å². The molecule has 8 heteroatoms. The van der Waals surface area contributed by atoms with Gasteiger partial charge in [-0.15, -0.1) is 0 Å². The van der Waals surface area contributed by atoms with Gasteiger partial charge >= 0.3 is 0 Å². The van der Waals surface area contributed by atoms with Crippen LogP contribution in [0.3, 0.4) is 0 Å². The Morgan fingerprint density at radius 3 is 2.43 bits per heavy atom. The van der Waals surface area contributed by atoms with Crippen molar-refractivity contribution >= 4 is 17.3 Å². The SMILES string of the molecule is CCNc1ccc(C(=O)N(CCO)CCO)cc1[N+](=O)[O-]. The van der Waals surface area contributed by atoms with Gasteiger partial charge in [-0.25, -0.2) is 0 Å². The lowest BCUT2D eigenvalue weighted by atomic mass is 10.1. The molecule has 116 valence electrons. The molecule has 0 saturated carbocycles. The Bertz CT molecular complexity index is 501. The summed E-state index contributed by atoms with van der Waals surface area (Å²) in [5.74, 6) is -0.468. The van der Waals surface area contributed by atoms with Crippen molar-refractivity contribution < 1.29 is 19.9 Å². The van der Waals surface area contributed by atoms with Gasteiger partial charge < -0.3 is 20.4 Å². The molecule has 0 atom stereocenters. The molecule has 0 bridgehead atoms. The number of hydrogen-bond donors (Lipinski definition) is 3. The van der Waals surface area contributed by atoms with Crippen LogP contribution in [0.4, 0.5) is 11.4 Å². The van der Waals surface area contributed by atoms with Gasteiger partial charge in [0.25, 0.3) is 11.6 Å². The maximum Gasteiger partial charge on any atom is 0.293 e. The minimum absolute atomic E-state index is 0.0577. The van der Waals surface area contributed by atoms with Crippen LogP contribution in [0.5, 0.6) is 0 Å². The van der Waals surface area contributed by atoms with Crippen molar-refractivity contribution in [3.05, 3.63) is 33.9 Å². The van der Waals surface area contributed by atoms with Gasteiger partial charge in [-0.1, -0.05) is 0 Å². The summed E-state index contributed by atoms with van der Waals surface area (Å²) in [5, 5.41) is 31.8. The quantitative estimate of drug-likeness (QED) is 0.474. The third-order valence-electron chi connectivity index (χ3n) is 2.84. The fraction of sp³-hybridized carbons (Fsp3) is 0.462. The largest absolute Gasteiger partial charge is 0.395 e. The number of aliphatic hydroxyl groups excluding tert-OH is 2. The zero-order valence-electron chi connectivity index (χ0n) is 11.8. The Balaban J connectivity index is 3.09. The number of nitrogens with one attached hydrogen (secondary N) is 1. The van der Waals surface area contributed by atoms with Crippen molar-refractivity contribution in [2.45, 2.75) is 6.92 Å². The minimum Gasteiger partial charge on any atom is -0.395 e. The highest BCUT2D eigenvalue weighted by Crippen LogP contribution is 2.26. The number of amides is 1. The summed E-state index contributed by atoms with van der Waals surface area (Å²) in [4.78, 5) is 24.0. The van der Waals surface area contributed by atoms with E-state index in [1.165, 1.54) is 23.1 Å². The second-order valence-corrected chi connectivity index (χ2v) is 4.26. The van der Waals surface area contributed by atoms with E-state index in [9.17, 15) is 14.9 Å². The van der Waals surface area contributed by atoms with Crippen molar-refractivity contribution in [2.24, 2.45) is 0 Å². The van der Waals surface area contributed by atoms with Crippen LogP contribution >= 0.6 is 0 Å². The second kappa shape index (κ2) is 8.18. The van der Waals surface area contributed by atoms with Crippen LogP contribution in [-0.2, 0) is 0 Å². The number of nitrogens with zero attached hydrogens (tertiary/aromatic N) is 2. The lowest BCUT2D eigenvalue weighted by Crippen LogP contribution is -2.35. The topological polar surface area (TPSA) is 116 Å². The van der Waals surface area contributed by atoms with Crippen molar-refractivity contribution in [1.29, 1.82) is 0 Å². The summed E-state index contributed by atoms with van der Waals surface area (Å²) >= 11 is 0. The molecule has 1 amide bonds. The summed E-state index contributed by atoms with van der Waals surface area (Å²) in [6.07, 6.45) is 0. The van der Waals surface area contributed by atoms with Crippen molar-refractivity contribution in [3.63, 3.8) is 0 Å². The highest BCUT2D eigenvalue weighted by Gasteiger charge is 2.20. The van der Waals surface area contributed by atoms with Gasteiger partial charge in [0.2, 0.25) is 0 Å². The third kappa shape index (κ3) is 4.40. The predicted molar refractivity (Wildman–Crippen MR) is 77.3 cm³/mol. The molecule has 1 aromatic rings. The first kappa shape index (κ1) is 16.9. The van der Waals surface area contributed by atoms with E-state index in [0.29, 0.717) is 12.2 Å². The van der Waals surface area contributed by atoms with E-state index in [0.717, 1.165) is 0 Å². The third-order valence-corrected chi connectivity index (χ3v) is 2.84. The molecular weight excluding hydrogens is 278 g/mol. The lowest BCUT2D eigenvalue weighted by Gasteiger charge is -2.20. The highest BCUT2D eigenvalue weighted by atomic mass is 16.6. The maximum atomic E-state index is 12.2. The van der Waals surface area contributed by atoms with Crippen LogP contribution in [0.2, 0.25) is 0 Å². The van der Waals surface area contributed by atoms with E-state index in [2.05, 4.69) is 5.32 Å². The van der Waals surface area contributed by atoms with Gasteiger partial charge in [0.05, 0.1) is 18.1 Å². The van der Waals surface area contributed by atoms with Gasteiger partial charge in [-0.05, 0) is 19.1 Å². The molecule has 8 nitrogen and oxygen atoms in total. The van der Waals surface area contributed by atoms with E-state index in [1.54, 1.807) is 0 Å². The average molecular weight is 297 g/mol. The molecule has 0 aliphatic rings. The molecule has 0 unspecified atom stereocenters. The van der Waals surface area contributed by atoms with E-state index >= 15 is 0 Å². The highest BCUT2D eigenvalue weighted by molar-refractivity contribution is 5.95. The number of nitro groups is 1. The number of nitro benzene ring substituents is 1. The summed E-state index contributed by atoms with van der Waals surface area (Å²) in [6, 6.07) is 4.15. The van der Waals surface area contributed by atoms with Crippen molar-refractivity contribution in [1.82, 2.24) is 4.90 Å². The van der Waals surface area contributed by atoms with Crippen LogP contribution in [0.1, 0.15) is 17.3 Å². The Morgan fingerprint density at radius 2 is 1.95 bits per heavy atom. The first-order valence-electron chi connectivity index (χ1n) is 6.58. The van der Waals surface area contributed by atoms with Crippen LogP contribution < -0.4 is 5.32 Å². The van der Waals surface area contributed by atoms with Gasteiger partial charge in [-0.2, -0.15) is 0 Å². The molecular formula is C13H19N3O5. The number of aliphatic hydroxyl groups is 2. The van der Waals surface area contributed by atoms with Crippen molar-refractivity contribution in [3.8, 4) is 0 Å².